The second-order valence-electron chi connectivity index (χ2n) is 4.77. The smallest absolute Gasteiger partial charge is 0.338 e. The van der Waals surface area contributed by atoms with Crippen LogP contribution in [0.3, 0.4) is 0 Å². The van der Waals surface area contributed by atoms with Crippen molar-refractivity contribution in [3.63, 3.8) is 0 Å². The molecule has 0 radical (unpaired) electrons. The summed E-state index contributed by atoms with van der Waals surface area (Å²) < 4.78 is 5.32. The van der Waals surface area contributed by atoms with Crippen molar-refractivity contribution >= 4 is 12.3 Å². The van der Waals surface area contributed by atoms with Crippen LogP contribution in [0.4, 0.5) is 0 Å². The number of benzene rings is 1. The van der Waals surface area contributed by atoms with Crippen LogP contribution in [-0.2, 0) is 9.53 Å². The van der Waals surface area contributed by atoms with Gasteiger partial charge < -0.3 is 4.74 Å². The fraction of sp³-hybridized carbons (Fsp3) is 0.467. The maximum atomic E-state index is 11.9. The molecule has 1 aromatic rings. The van der Waals surface area contributed by atoms with E-state index in [-0.39, 0.29) is 5.92 Å². The van der Waals surface area contributed by atoms with Crippen LogP contribution in [0.1, 0.15) is 42.5 Å². The highest BCUT2D eigenvalue weighted by Crippen LogP contribution is 2.27. The molecular formula is C15H18O3. The minimum atomic E-state index is -0.585. The third kappa shape index (κ3) is 3.19. The van der Waals surface area contributed by atoms with Gasteiger partial charge in [-0.05, 0) is 25.0 Å². The maximum absolute atomic E-state index is 11.9. The third-order valence-electron chi connectivity index (χ3n) is 3.50. The van der Waals surface area contributed by atoms with Crippen LogP contribution in [0.5, 0.6) is 0 Å². The predicted molar refractivity (Wildman–Crippen MR) is 68.3 cm³/mol. The summed E-state index contributed by atoms with van der Waals surface area (Å²) in [5, 5.41) is 0. The third-order valence-corrected chi connectivity index (χ3v) is 3.50. The summed E-state index contributed by atoms with van der Waals surface area (Å²) in [6, 6.07) is 8.81. The number of esters is 1. The Kier molecular flexibility index (Phi) is 4.51. The zero-order valence-corrected chi connectivity index (χ0v) is 10.4. The number of ether oxygens (including phenoxy) is 1. The molecule has 1 saturated carbocycles. The van der Waals surface area contributed by atoms with Gasteiger partial charge in [-0.3, -0.25) is 4.79 Å². The quantitative estimate of drug-likeness (QED) is 0.606. The van der Waals surface area contributed by atoms with E-state index in [0.29, 0.717) is 5.56 Å². The van der Waals surface area contributed by atoms with Gasteiger partial charge >= 0.3 is 5.97 Å². The van der Waals surface area contributed by atoms with E-state index < -0.39 is 12.1 Å². The topological polar surface area (TPSA) is 43.4 Å². The van der Waals surface area contributed by atoms with Gasteiger partial charge in [0.05, 0.1) is 5.56 Å². The highest BCUT2D eigenvalue weighted by atomic mass is 16.5. The summed E-state index contributed by atoms with van der Waals surface area (Å²) in [6.07, 6.45) is 5.61. The summed E-state index contributed by atoms with van der Waals surface area (Å²) in [4.78, 5) is 23.0. The normalized spacial score (nSPS) is 18.0. The van der Waals surface area contributed by atoms with Gasteiger partial charge in [-0.25, -0.2) is 4.79 Å². The zero-order chi connectivity index (χ0) is 12.8. The molecule has 1 aromatic carbocycles. The van der Waals surface area contributed by atoms with Crippen molar-refractivity contribution in [2.24, 2.45) is 5.92 Å². The molecule has 0 N–H and O–H groups in total. The van der Waals surface area contributed by atoms with E-state index in [1.807, 2.05) is 6.07 Å². The molecule has 2 rings (SSSR count). The first-order valence-corrected chi connectivity index (χ1v) is 6.52. The van der Waals surface area contributed by atoms with Gasteiger partial charge in [0.15, 0.2) is 12.4 Å². The van der Waals surface area contributed by atoms with Crippen LogP contribution in [0.25, 0.3) is 0 Å². The lowest BCUT2D eigenvalue weighted by Crippen LogP contribution is -2.30. The van der Waals surface area contributed by atoms with Gasteiger partial charge in [0, 0.05) is 5.92 Å². The Balaban J connectivity index is 1.97. The van der Waals surface area contributed by atoms with Crippen molar-refractivity contribution < 1.29 is 14.3 Å². The second kappa shape index (κ2) is 6.34. The first-order valence-electron chi connectivity index (χ1n) is 6.52. The van der Waals surface area contributed by atoms with Gasteiger partial charge in [0.1, 0.15) is 0 Å². The molecule has 1 atom stereocenters. The largest absolute Gasteiger partial charge is 0.451 e. The van der Waals surface area contributed by atoms with E-state index in [1.165, 1.54) is 6.42 Å². The molecule has 0 aromatic heterocycles. The van der Waals surface area contributed by atoms with Crippen LogP contribution < -0.4 is 0 Å². The summed E-state index contributed by atoms with van der Waals surface area (Å²) in [7, 11) is 0. The van der Waals surface area contributed by atoms with Gasteiger partial charge in [0.2, 0.25) is 0 Å². The van der Waals surface area contributed by atoms with Gasteiger partial charge in [-0.15, -0.1) is 0 Å². The number of hydrogen-bond donors (Lipinski definition) is 0. The summed E-state index contributed by atoms with van der Waals surface area (Å²) >= 11 is 0. The molecule has 0 bridgehead atoms. The molecule has 18 heavy (non-hydrogen) atoms. The molecule has 1 aliphatic rings. The van der Waals surface area contributed by atoms with E-state index >= 15 is 0 Å². The maximum Gasteiger partial charge on any atom is 0.338 e. The van der Waals surface area contributed by atoms with Crippen molar-refractivity contribution in [3.8, 4) is 0 Å². The lowest BCUT2D eigenvalue weighted by atomic mass is 9.85. The fourth-order valence-corrected chi connectivity index (χ4v) is 2.46. The SMILES string of the molecule is O=CC(OC(=O)c1ccccc1)C1CCCCC1. The average molecular weight is 246 g/mol. The molecule has 0 spiro atoms. The average Bonchev–Trinajstić information content (AvgIpc) is 2.46. The molecule has 3 heteroatoms. The van der Waals surface area contributed by atoms with E-state index in [1.54, 1.807) is 24.3 Å². The van der Waals surface area contributed by atoms with E-state index in [4.69, 9.17) is 4.74 Å². The monoisotopic (exact) mass is 246 g/mol. The van der Waals surface area contributed by atoms with Crippen molar-refractivity contribution in [3.05, 3.63) is 35.9 Å². The number of aldehydes is 1. The highest BCUT2D eigenvalue weighted by molar-refractivity contribution is 5.90. The molecule has 0 heterocycles. The molecular weight excluding hydrogens is 228 g/mol. The Labute approximate surface area is 107 Å². The predicted octanol–water partition coefficient (Wildman–Crippen LogP) is 2.99. The van der Waals surface area contributed by atoms with Crippen molar-refractivity contribution in [2.75, 3.05) is 0 Å². The number of rotatable bonds is 4. The summed E-state index contributed by atoms with van der Waals surface area (Å²) in [5.74, 6) is -0.206. The minimum absolute atomic E-state index is 0.198. The van der Waals surface area contributed by atoms with E-state index in [9.17, 15) is 9.59 Å². The fourth-order valence-electron chi connectivity index (χ4n) is 2.46. The number of hydrogen-bond acceptors (Lipinski definition) is 3. The minimum Gasteiger partial charge on any atom is -0.451 e. The van der Waals surface area contributed by atoms with Crippen LogP contribution in [0, 0.1) is 5.92 Å². The van der Waals surface area contributed by atoms with Crippen LogP contribution in [0.15, 0.2) is 30.3 Å². The number of carbonyl (C=O) groups is 2. The van der Waals surface area contributed by atoms with Crippen LogP contribution >= 0.6 is 0 Å². The first-order chi connectivity index (χ1) is 8.81. The van der Waals surface area contributed by atoms with Gasteiger partial charge in [0.25, 0.3) is 0 Å². The first kappa shape index (κ1) is 12.8. The highest BCUT2D eigenvalue weighted by Gasteiger charge is 2.26. The van der Waals surface area contributed by atoms with Gasteiger partial charge in [-0.2, -0.15) is 0 Å². The van der Waals surface area contributed by atoms with Gasteiger partial charge in [-0.1, -0.05) is 37.5 Å². The standard InChI is InChI=1S/C15H18O3/c16-11-14(12-7-3-1-4-8-12)18-15(17)13-9-5-2-6-10-13/h2,5-6,9-12,14H,1,3-4,7-8H2. The molecule has 1 fully saturated rings. The lowest BCUT2D eigenvalue weighted by Gasteiger charge is -2.26. The van der Waals surface area contributed by atoms with E-state index in [0.717, 1.165) is 32.0 Å². The molecule has 3 nitrogen and oxygen atoms in total. The molecule has 1 aliphatic carbocycles. The lowest BCUT2D eigenvalue weighted by molar-refractivity contribution is -0.118. The summed E-state index contributed by atoms with van der Waals surface area (Å²) in [5.41, 5.74) is 0.500. The van der Waals surface area contributed by atoms with Crippen LogP contribution in [0.2, 0.25) is 0 Å². The molecule has 0 aliphatic heterocycles. The Morgan fingerprint density at radius 3 is 2.44 bits per heavy atom. The molecule has 96 valence electrons. The summed E-state index contributed by atoms with van der Waals surface area (Å²) in [6.45, 7) is 0. The molecule has 1 unspecified atom stereocenters. The second-order valence-corrected chi connectivity index (χ2v) is 4.77. The molecule has 0 saturated heterocycles. The van der Waals surface area contributed by atoms with E-state index in [2.05, 4.69) is 0 Å². The Bertz CT molecular complexity index is 393. The number of carbonyl (C=O) groups excluding carboxylic acids is 2. The Morgan fingerprint density at radius 2 is 1.83 bits per heavy atom. The Hall–Kier alpha value is -1.64. The Morgan fingerprint density at radius 1 is 1.17 bits per heavy atom. The van der Waals surface area contributed by atoms with Crippen molar-refractivity contribution in [1.82, 2.24) is 0 Å². The van der Waals surface area contributed by atoms with Crippen LogP contribution in [-0.4, -0.2) is 18.4 Å². The zero-order valence-electron chi connectivity index (χ0n) is 10.4. The molecule has 0 amide bonds. The van der Waals surface area contributed by atoms with Crippen molar-refractivity contribution in [2.45, 2.75) is 38.2 Å². The van der Waals surface area contributed by atoms with Crippen molar-refractivity contribution in [1.29, 1.82) is 0 Å².